The van der Waals surface area contributed by atoms with Gasteiger partial charge in [-0.3, -0.25) is 14.2 Å². The molecule has 3 rings (SSSR count). The van der Waals surface area contributed by atoms with Gasteiger partial charge in [-0.05, 0) is 49.7 Å². The fourth-order valence-electron chi connectivity index (χ4n) is 2.78. The third-order valence-corrected chi connectivity index (χ3v) is 6.00. The number of carbonyl (C=O) groups is 1. The van der Waals surface area contributed by atoms with E-state index in [4.69, 9.17) is 4.74 Å². The van der Waals surface area contributed by atoms with E-state index < -0.39 is 0 Å². The van der Waals surface area contributed by atoms with Gasteiger partial charge in [-0.1, -0.05) is 23.5 Å². The van der Waals surface area contributed by atoms with Crippen LogP contribution in [0.15, 0.2) is 47.3 Å². The number of carbonyl (C=O) groups excluding carboxylic acids is 1. The molecule has 5 nitrogen and oxygen atoms in total. The van der Waals surface area contributed by atoms with E-state index in [2.05, 4.69) is 5.32 Å². The van der Waals surface area contributed by atoms with Crippen molar-refractivity contribution in [3.63, 3.8) is 0 Å². The second kappa shape index (κ2) is 8.63. The molecule has 1 aromatic heterocycles. The first-order valence-electron chi connectivity index (χ1n) is 8.63. The highest BCUT2D eigenvalue weighted by atomic mass is 32.2. The van der Waals surface area contributed by atoms with Crippen LogP contribution >= 0.6 is 23.1 Å². The number of nitrogens with one attached hydrogen (secondary N) is 1. The summed E-state index contributed by atoms with van der Waals surface area (Å²) in [4.78, 5) is 24.3. The minimum Gasteiger partial charge on any atom is -0.497 e. The summed E-state index contributed by atoms with van der Waals surface area (Å²) in [5.41, 5.74) is 2.77. The van der Waals surface area contributed by atoms with E-state index >= 15 is 0 Å². The smallest absolute Gasteiger partial charge is 0.308 e. The van der Waals surface area contributed by atoms with Crippen molar-refractivity contribution >= 4 is 44.9 Å². The summed E-state index contributed by atoms with van der Waals surface area (Å²) in [5, 5.41) is 2.91. The summed E-state index contributed by atoms with van der Waals surface area (Å²) < 4.78 is 7.80. The number of thioether (sulfide) groups is 1. The highest BCUT2D eigenvalue weighted by molar-refractivity contribution is 7.99. The van der Waals surface area contributed by atoms with Crippen molar-refractivity contribution in [1.29, 1.82) is 0 Å². The minimum atomic E-state index is -0.0523. The third-order valence-electron chi connectivity index (χ3n) is 4.07. The maximum atomic E-state index is 12.2. The van der Waals surface area contributed by atoms with Crippen molar-refractivity contribution in [3.05, 3.63) is 57.7 Å². The Labute approximate surface area is 166 Å². The summed E-state index contributed by atoms with van der Waals surface area (Å²) >= 11 is 2.76. The molecule has 0 unspecified atom stereocenters. The van der Waals surface area contributed by atoms with E-state index in [-0.39, 0.29) is 16.8 Å². The zero-order valence-corrected chi connectivity index (χ0v) is 17.2. The quantitative estimate of drug-likeness (QED) is 0.631. The molecule has 142 valence electrons. The van der Waals surface area contributed by atoms with Crippen molar-refractivity contribution in [2.75, 3.05) is 18.2 Å². The summed E-state index contributed by atoms with van der Waals surface area (Å²) in [5.74, 6) is 1.90. The topological polar surface area (TPSA) is 60.3 Å². The molecule has 3 aromatic rings. The van der Waals surface area contributed by atoms with Gasteiger partial charge in [-0.15, -0.1) is 11.8 Å². The van der Waals surface area contributed by atoms with E-state index in [0.717, 1.165) is 33.0 Å². The van der Waals surface area contributed by atoms with Crippen LogP contribution in [0.5, 0.6) is 5.75 Å². The fourth-order valence-corrected chi connectivity index (χ4v) is 4.62. The molecular weight excluding hydrogens is 380 g/mol. The van der Waals surface area contributed by atoms with Crippen LogP contribution in [0.1, 0.15) is 25.5 Å². The molecule has 0 atom stereocenters. The normalized spacial score (nSPS) is 11.1. The number of amides is 1. The molecule has 27 heavy (non-hydrogen) atoms. The molecule has 0 fully saturated rings. The van der Waals surface area contributed by atoms with Gasteiger partial charge in [0.2, 0.25) is 5.91 Å². The van der Waals surface area contributed by atoms with Gasteiger partial charge >= 0.3 is 4.87 Å². The number of aromatic nitrogens is 1. The number of anilines is 1. The number of ether oxygens (including phenoxy) is 1. The molecule has 0 aliphatic carbocycles. The lowest BCUT2D eigenvalue weighted by atomic mass is 10.2. The Morgan fingerprint density at radius 3 is 2.63 bits per heavy atom. The van der Waals surface area contributed by atoms with Crippen LogP contribution in [0.4, 0.5) is 5.69 Å². The molecule has 0 aliphatic heterocycles. The average Bonchev–Trinajstić information content (AvgIpc) is 2.97. The second-order valence-electron chi connectivity index (χ2n) is 6.40. The zero-order valence-electron chi connectivity index (χ0n) is 15.5. The monoisotopic (exact) mass is 402 g/mol. The van der Waals surface area contributed by atoms with Gasteiger partial charge in [0.05, 0.1) is 23.1 Å². The lowest BCUT2D eigenvalue weighted by Crippen LogP contribution is -2.15. The van der Waals surface area contributed by atoms with Crippen LogP contribution in [0, 0.1) is 0 Å². The average molecular weight is 403 g/mol. The molecule has 0 spiro atoms. The Bertz CT molecular complexity index is 991. The number of fused-ring (bicyclic) bond motifs is 1. The molecule has 7 heteroatoms. The Morgan fingerprint density at radius 1 is 1.22 bits per heavy atom. The molecule has 1 heterocycles. The molecular formula is C20H22N2O3S2. The van der Waals surface area contributed by atoms with Crippen LogP contribution in [0.2, 0.25) is 0 Å². The number of methoxy groups -OCH3 is 1. The first kappa shape index (κ1) is 19.5. The summed E-state index contributed by atoms with van der Waals surface area (Å²) in [6.07, 6.45) is 0. The van der Waals surface area contributed by atoms with E-state index in [1.54, 1.807) is 23.4 Å². The van der Waals surface area contributed by atoms with Gasteiger partial charge in [0.1, 0.15) is 5.75 Å². The fraction of sp³-hybridized carbons (Fsp3) is 0.300. The Hall–Kier alpha value is -2.25. The highest BCUT2D eigenvalue weighted by Gasteiger charge is 2.11. The maximum absolute atomic E-state index is 12.2. The van der Waals surface area contributed by atoms with Crippen molar-refractivity contribution in [3.8, 4) is 5.75 Å². The largest absolute Gasteiger partial charge is 0.497 e. The van der Waals surface area contributed by atoms with Crippen molar-refractivity contribution < 1.29 is 9.53 Å². The number of hydrogen-bond acceptors (Lipinski definition) is 5. The lowest BCUT2D eigenvalue weighted by molar-refractivity contribution is -0.113. The van der Waals surface area contributed by atoms with Gasteiger partial charge in [0.15, 0.2) is 0 Å². The molecule has 1 amide bonds. The van der Waals surface area contributed by atoms with Crippen molar-refractivity contribution in [2.24, 2.45) is 0 Å². The maximum Gasteiger partial charge on any atom is 0.308 e. The molecule has 0 saturated heterocycles. The summed E-state index contributed by atoms with van der Waals surface area (Å²) in [6, 6.07) is 13.6. The van der Waals surface area contributed by atoms with E-state index in [1.807, 2.05) is 56.3 Å². The number of rotatable bonds is 7. The summed E-state index contributed by atoms with van der Waals surface area (Å²) in [6.45, 7) is 3.98. The second-order valence-corrected chi connectivity index (χ2v) is 8.38. The van der Waals surface area contributed by atoms with Gasteiger partial charge in [-0.2, -0.15) is 0 Å². The Morgan fingerprint density at radius 2 is 1.96 bits per heavy atom. The molecule has 0 bridgehead atoms. The van der Waals surface area contributed by atoms with Gasteiger partial charge in [-0.25, -0.2) is 0 Å². The predicted octanol–water partition coefficient (Wildman–Crippen LogP) is 4.52. The van der Waals surface area contributed by atoms with E-state index in [1.165, 1.54) is 11.3 Å². The summed E-state index contributed by atoms with van der Waals surface area (Å²) in [7, 11) is 1.64. The third kappa shape index (κ3) is 4.73. The SMILES string of the molecule is COc1ccc(CSCC(=O)Nc2ccc3c(c2)sc(=O)n3C(C)C)cc1. The number of nitrogens with zero attached hydrogens (tertiary/aromatic N) is 1. The zero-order chi connectivity index (χ0) is 19.4. The molecule has 1 N–H and O–H groups in total. The van der Waals surface area contributed by atoms with E-state index in [9.17, 15) is 9.59 Å². The highest BCUT2D eigenvalue weighted by Crippen LogP contribution is 2.24. The minimum absolute atomic E-state index is 0.0264. The van der Waals surface area contributed by atoms with Crippen molar-refractivity contribution in [1.82, 2.24) is 4.57 Å². The van der Waals surface area contributed by atoms with Crippen LogP contribution in [0.3, 0.4) is 0 Å². The molecule has 0 radical (unpaired) electrons. The van der Waals surface area contributed by atoms with Crippen LogP contribution in [0.25, 0.3) is 10.2 Å². The standard InChI is InChI=1S/C20H22N2O3S2/c1-13(2)22-17-9-6-15(10-18(17)27-20(22)24)21-19(23)12-26-11-14-4-7-16(25-3)8-5-14/h4-10,13H,11-12H2,1-3H3,(H,21,23). The molecule has 0 saturated carbocycles. The number of thiazole rings is 1. The first-order valence-corrected chi connectivity index (χ1v) is 10.6. The van der Waals surface area contributed by atoms with Crippen LogP contribution in [-0.2, 0) is 10.5 Å². The molecule has 2 aromatic carbocycles. The van der Waals surface area contributed by atoms with Crippen molar-refractivity contribution in [2.45, 2.75) is 25.6 Å². The van der Waals surface area contributed by atoms with Crippen LogP contribution < -0.4 is 14.9 Å². The Balaban J connectivity index is 1.58. The van der Waals surface area contributed by atoms with E-state index in [0.29, 0.717) is 5.75 Å². The Kier molecular flexibility index (Phi) is 6.23. The van der Waals surface area contributed by atoms with Gasteiger partial charge in [0, 0.05) is 17.5 Å². The van der Waals surface area contributed by atoms with Gasteiger partial charge < -0.3 is 10.1 Å². The first-order chi connectivity index (χ1) is 13.0. The number of benzene rings is 2. The van der Waals surface area contributed by atoms with Crippen LogP contribution in [-0.4, -0.2) is 23.3 Å². The van der Waals surface area contributed by atoms with Gasteiger partial charge in [0.25, 0.3) is 0 Å². The lowest BCUT2D eigenvalue weighted by Gasteiger charge is -2.09. The predicted molar refractivity (Wildman–Crippen MR) is 114 cm³/mol. The molecule has 0 aliphatic rings. The number of hydrogen-bond donors (Lipinski definition) is 1.